The second kappa shape index (κ2) is 3.64. The maximum Gasteiger partial charge on any atom is 0.265 e. The molecule has 2 aliphatic rings. The molecule has 7 heteroatoms. The van der Waals surface area contributed by atoms with E-state index in [9.17, 15) is 14.4 Å². The number of fused-ring (bicyclic) bond motifs is 2. The number of nitrogens with zero attached hydrogens (tertiary/aromatic N) is 1. The van der Waals surface area contributed by atoms with Gasteiger partial charge in [-0.15, -0.1) is 0 Å². The molecule has 3 heterocycles. The molecule has 0 aliphatic carbocycles. The van der Waals surface area contributed by atoms with Gasteiger partial charge in [-0.25, -0.2) is 4.68 Å². The van der Waals surface area contributed by atoms with Gasteiger partial charge in [-0.1, -0.05) is 0 Å². The van der Waals surface area contributed by atoms with Crippen LogP contribution in [0.25, 0.3) is 0 Å². The molecule has 17 heavy (non-hydrogen) atoms. The van der Waals surface area contributed by atoms with E-state index in [1.807, 2.05) is 0 Å². The van der Waals surface area contributed by atoms with Crippen molar-refractivity contribution < 1.29 is 14.3 Å². The maximum absolute atomic E-state index is 11.6. The number of carbonyl (C=O) groups is 1. The number of hydrogen-bond acceptors (Lipinski definition) is 5. The molecule has 2 aliphatic heterocycles. The summed E-state index contributed by atoms with van der Waals surface area (Å²) in [5, 5.41) is 2.41. The van der Waals surface area contributed by atoms with Crippen LogP contribution in [0.4, 0.5) is 0 Å². The molecule has 1 aromatic rings. The van der Waals surface area contributed by atoms with Crippen LogP contribution in [-0.4, -0.2) is 34.6 Å². The Morgan fingerprint density at radius 1 is 1.29 bits per heavy atom. The summed E-state index contributed by atoms with van der Waals surface area (Å²) < 4.78 is 11.6. The molecule has 0 aromatic carbocycles. The third-order valence-corrected chi connectivity index (χ3v) is 2.99. The first kappa shape index (κ1) is 10.4. The van der Waals surface area contributed by atoms with Gasteiger partial charge in [0.15, 0.2) is 5.78 Å². The Labute approximate surface area is 94.9 Å². The van der Waals surface area contributed by atoms with Crippen LogP contribution >= 0.6 is 0 Å². The lowest BCUT2D eigenvalue weighted by molar-refractivity contribution is -0.156. The van der Waals surface area contributed by atoms with Crippen molar-refractivity contribution in [3.8, 4) is 0 Å². The number of nitrogens with one attached hydrogen (secondary N) is 1. The predicted octanol–water partition coefficient (Wildman–Crippen LogP) is -1.21. The molecule has 2 bridgehead atoms. The highest BCUT2D eigenvalue weighted by atomic mass is 16.7. The van der Waals surface area contributed by atoms with Crippen LogP contribution in [0.3, 0.4) is 0 Å². The van der Waals surface area contributed by atoms with E-state index in [1.165, 1.54) is 6.07 Å². The Kier molecular flexibility index (Phi) is 2.23. The number of carbonyl (C=O) groups excluding carboxylic acids is 1. The van der Waals surface area contributed by atoms with E-state index in [0.29, 0.717) is 0 Å². The van der Waals surface area contributed by atoms with Crippen molar-refractivity contribution in [2.45, 2.75) is 24.9 Å². The van der Waals surface area contributed by atoms with Crippen LogP contribution in [0.15, 0.2) is 21.7 Å². The summed E-state index contributed by atoms with van der Waals surface area (Å²) in [7, 11) is 0. The summed E-state index contributed by atoms with van der Waals surface area (Å²) in [5.41, 5.74) is -0.755. The third kappa shape index (κ3) is 1.63. The minimum atomic E-state index is -0.803. The van der Waals surface area contributed by atoms with Crippen molar-refractivity contribution >= 4 is 5.78 Å². The summed E-state index contributed by atoms with van der Waals surface area (Å²) in [6.07, 6.45) is -1.04. The summed E-state index contributed by atoms with van der Waals surface area (Å²) in [6, 6.07) is 1.83. The number of aromatic amines is 1. The van der Waals surface area contributed by atoms with Crippen molar-refractivity contribution in [3.05, 3.63) is 32.8 Å². The lowest BCUT2D eigenvalue weighted by Gasteiger charge is -2.27. The largest absolute Gasteiger partial charge is 0.343 e. The number of H-pyrrole nitrogens is 1. The fraction of sp³-hybridized carbons (Fsp3) is 0.500. The van der Waals surface area contributed by atoms with Crippen LogP contribution in [-0.2, 0) is 14.3 Å². The fourth-order valence-electron chi connectivity index (χ4n) is 2.17. The number of aromatic nitrogens is 2. The van der Waals surface area contributed by atoms with Crippen molar-refractivity contribution in [2.75, 3.05) is 6.61 Å². The topological polar surface area (TPSA) is 90.4 Å². The zero-order valence-corrected chi connectivity index (χ0v) is 8.79. The van der Waals surface area contributed by atoms with E-state index in [0.717, 1.165) is 10.7 Å². The summed E-state index contributed by atoms with van der Waals surface area (Å²) in [6.45, 7) is 0.254. The minimum absolute atomic E-state index is 0.134. The van der Waals surface area contributed by atoms with Crippen LogP contribution in [0.5, 0.6) is 0 Å². The van der Waals surface area contributed by atoms with Gasteiger partial charge in [-0.2, -0.15) is 0 Å². The average molecular weight is 238 g/mol. The van der Waals surface area contributed by atoms with E-state index in [4.69, 9.17) is 9.47 Å². The van der Waals surface area contributed by atoms with Gasteiger partial charge in [0.05, 0.1) is 12.6 Å². The average Bonchev–Trinajstić information content (AvgIpc) is 2.73. The number of ketones is 1. The lowest BCUT2D eigenvalue weighted by atomic mass is 10.0. The zero-order valence-electron chi connectivity index (χ0n) is 8.79. The molecule has 1 aromatic heterocycles. The van der Waals surface area contributed by atoms with E-state index < -0.39 is 17.9 Å². The Morgan fingerprint density at radius 3 is 2.94 bits per heavy atom. The first-order valence-corrected chi connectivity index (χ1v) is 5.27. The first-order valence-electron chi connectivity index (χ1n) is 5.27. The number of hydrogen-bond donors (Lipinski definition) is 1. The first-order chi connectivity index (χ1) is 8.15. The highest BCUT2D eigenvalue weighted by Crippen LogP contribution is 2.31. The molecule has 1 N–H and O–H groups in total. The molecule has 0 saturated carbocycles. The zero-order chi connectivity index (χ0) is 12.0. The molecule has 0 spiro atoms. The second-order valence-corrected chi connectivity index (χ2v) is 4.10. The second-order valence-electron chi connectivity index (χ2n) is 4.10. The number of ether oxygens (including phenoxy) is 2. The molecule has 90 valence electrons. The van der Waals surface area contributed by atoms with E-state index in [1.54, 1.807) is 0 Å². The number of Topliss-reactive ketones (excluding diaryl/α,β-unsaturated/α-hetero) is 1. The van der Waals surface area contributed by atoms with Crippen LogP contribution in [0.2, 0.25) is 0 Å². The van der Waals surface area contributed by atoms with Crippen molar-refractivity contribution in [1.82, 2.24) is 9.78 Å². The molecule has 2 fully saturated rings. The molecule has 2 unspecified atom stereocenters. The van der Waals surface area contributed by atoms with Crippen LogP contribution < -0.4 is 11.1 Å². The lowest BCUT2D eigenvalue weighted by Crippen LogP contribution is -2.43. The quantitative estimate of drug-likeness (QED) is 0.663. The van der Waals surface area contributed by atoms with Gasteiger partial charge in [-0.05, 0) is 0 Å². The van der Waals surface area contributed by atoms with Gasteiger partial charge in [0.2, 0.25) is 6.29 Å². The number of rotatable bonds is 1. The van der Waals surface area contributed by atoms with Crippen molar-refractivity contribution in [1.29, 1.82) is 0 Å². The SMILES string of the molecule is O=C1CC(n2[nH]c(=O)ccc2=O)C2CO[C@@H]1O2. The van der Waals surface area contributed by atoms with Crippen molar-refractivity contribution in [2.24, 2.45) is 0 Å². The third-order valence-electron chi connectivity index (χ3n) is 2.99. The Hall–Kier alpha value is -1.73. The highest BCUT2D eigenvalue weighted by Gasteiger charge is 2.44. The van der Waals surface area contributed by atoms with Gasteiger partial charge in [-0.3, -0.25) is 19.5 Å². The Balaban J connectivity index is 2.03. The maximum atomic E-state index is 11.6. The standard InChI is InChI=1S/C10H10N2O5/c13-6-3-5(7-4-16-10(6)17-7)12-9(15)2-1-8(14)11-12/h1-2,5,7,10H,3-4H2,(H,11,14)/t5?,7?,10-/m1/s1. The summed E-state index contributed by atoms with van der Waals surface area (Å²) in [5.74, 6) is -0.208. The fourth-order valence-corrected chi connectivity index (χ4v) is 2.17. The molecule has 0 radical (unpaired) electrons. The Bertz CT molecular complexity index is 575. The smallest absolute Gasteiger partial charge is 0.265 e. The van der Waals surface area contributed by atoms with E-state index in [-0.39, 0.29) is 30.5 Å². The van der Waals surface area contributed by atoms with Crippen LogP contribution in [0.1, 0.15) is 12.5 Å². The van der Waals surface area contributed by atoms with E-state index >= 15 is 0 Å². The van der Waals surface area contributed by atoms with E-state index in [2.05, 4.69) is 5.10 Å². The monoisotopic (exact) mass is 238 g/mol. The van der Waals surface area contributed by atoms with Crippen LogP contribution in [0, 0.1) is 0 Å². The summed E-state index contributed by atoms with van der Waals surface area (Å²) in [4.78, 5) is 34.4. The molecular formula is C10H10N2O5. The molecule has 2 saturated heterocycles. The molecule has 3 rings (SSSR count). The molecule has 7 nitrogen and oxygen atoms in total. The molecular weight excluding hydrogens is 228 g/mol. The van der Waals surface area contributed by atoms with Gasteiger partial charge in [0, 0.05) is 18.6 Å². The Morgan fingerprint density at radius 2 is 2.12 bits per heavy atom. The molecule has 3 atom stereocenters. The predicted molar refractivity (Wildman–Crippen MR) is 54.6 cm³/mol. The van der Waals surface area contributed by atoms with Gasteiger partial charge in [0.1, 0.15) is 6.10 Å². The minimum Gasteiger partial charge on any atom is -0.343 e. The van der Waals surface area contributed by atoms with Crippen molar-refractivity contribution in [3.63, 3.8) is 0 Å². The highest BCUT2D eigenvalue weighted by molar-refractivity contribution is 5.83. The van der Waals surface area contributed by atoms with Gasteiger partial charge >= 0.3 is 0 Å². The summed E-state index contributed by atoms with van der Waals surface area (Å²) >= 11 is 0. The normalized spacial score (nSPS) is 31.8. The van der Waals surface area contributed by atoms with Gasteiger partial charge in [0.25, 0.3) is 11.1 Å². The van der Waals surface area contributed by atoms with Gasteiger partial charge < -0.3 is 9.47 Å². The molecule has 0 amide bonds.